The maximum Gasteiger partial charge on any atom is 0.219 e. The Bertz CT molecular complexity index is 311. The second-order valence-corrected chi connectivity index (χ2v) is 3.57. The second-order valence-electron chi connectivity index (χ2n) is 3.14. The van der Waals surface area contributed by atoms with Crippen molar-refractivity contribution in [1.82, 2.24) is 5.32 Å². The van der Waals surface area contributed by atoms with Crippen LogP contribution in [-0.4, -0.2) is 19.0 Å². The van der Waals surface area contributed by atoms with Crippen molar-refractivity contribution in [2.75, 3.05) is 18.4 Å². The van der Waals surface area contributed by atoms with E-state index in [1.165, 1.54) is 0 Å². The zero-order chi connectivity index (χ0) is 11.1. The molecule has 1 amide bonds. The standard InChI is InChI=1S/C11H15ClN2O/c1-2-11(15)14-8-7-13-10-5-3-9(12)4-6-10/h3-6,13H,2,7-8H2,1H3,(H,14,15). The Morgan fingerprint density at radius 2 is 1.93 bits per heavy atom. The van der Waals surface area contributed by atoms with Gasteiger partial charge in [-0.05, 0) is 24.3 Å². The third-order valence-corrected chi connectivity index (χ3v) is 2.19. The zero-order valence-electron chi connectivity index (χ0n) is 8.72. The summed E-state index contributed by atoms with van der Waals surface area (Å²) in [5.74, 6) is 0.0768. The van der Waals surface area contributed by atoms with Crippen molar-refractivity contribution in [1.29, 1.82) is 0 Å². The molecule has 0 atom stereocenters. The predicted octanol–water partition coefficient (Wildman–Crippen LogP) is 2.28. The summed E-state index contributed by atoms with van der Waals surface area (Å²) in [7, 11) is 0. The van der Waals surface area contributed by atoms with Crippen LogP contribution in [-0.2, 0) is 4.79 Å². The van der Waals surface area contributed by atoms with Crippen molar-refractivity contribution < 1.29 is 4.79 Å². The van der Waals surface area contributed by atoms with Crippen LogP contribution in [0.4, 0.5) is 5.69 Å². The van der Waals surface area contributed by atoms with Crippen molar-refractivity contribution in [2.24, 2.45) is 0 Å². The van der Waals surface area contributed by atoms with Crippen molar-refractivity contribution >= 4 is 23.2 Å². The molecule has 0 fully saturated rings. The van der Waals surface area contributed by atoms with Crippen LogP contribution in [0.15, 0.2) is 24.3 Å². The Balaban J connectivity index is 2.20. The molecule has 0 aliphatic rings. The largest absolute Gasteiger partial charge is 0.383 e. The monoisotopic (exact) mass is 226 g/mol. The van der Waals surface area contributed by atoms with E-state index in [1.807, 2.05) is 31.2 Å². The Hall–Kier alpha value is -1.22. The predicted molar refractivity (Wildman–Crippen MR) is 63.2 cm³/mol. The number of carbonyl (C=O) groups excluding carboxylic acids is 1. The van der Waals surface area contributed by atoms with E-state index in [9.17, 15) is 4.79 Å². The molecule has 4 heteroatoms. The van der Waals surface area contributed by atoms with Crippen LogP contribution in [0.5, 0.6) is 0 Å². The number of anilines is 1. The first-order chi connectivity index (χ1) is 7.22. The highest BCUT2D eigenvalue weighted by atomic mass is 35.5. The normalized spacial score (nSPS) is 9.73. The Kier molecular flexibility index (Phi) is 4.98. The minimum Gasteiger partial charge on any atom is -0.383 e. The Labute approximate surface area is 94.8 Å². The molecule has 2 N–H and O–H groups in total. The number of nitrogens with one attached hydrogen (secondary N) is 2. The number of amides is 1. The SMILES string of the molecule is CCC(=O)NCCNc1ccc(Cl)cc1. The number of hydrogen-bond acceptors (Lipinski definition) is 2. The van der Waals surface area contributed by atoms with Crippen molar-refractivity contribution in [3.05, 3.63) is 29.3 Å². The highest BCUT2D eigenvalue weighted by Crippen LogP contribution is 2.12. The van der Waals surface area contributed by atoms with Gasteiger partial charge in [-0.1, -0.05) is 18.5 Å². The summed E-state index contributed by atoms with van der Waals surface area (Å²) < 4.78 is 0. The molecule has 0 saturated heterocycles. The third-order valence-electron chi connectivity index (χ3n) is 1.94. The Morgan fingerprint density at radius 1 is 1.27 bits per heavy atom. The average Bonchev–Trinajstić information content (AvgIpc) is 2.26. The fraction of sp³-hybridized carbons (Fsp3) is 0.364. The smallest absolute Gasteiger partial charge is 0.219 e. The van der Waals surface area contributed by atoms with Gasteiger partial charge in [-0.15, -0.1) is 0 Å². The maximum atomic E-state index is 10.9. The highest BCUT2D eigenvalue weighted by molar-refractivity contribution is 6.30. The van der Waals surface area contributed by atoms with Crippen LogP contribution in [0.1, 0.15) is 13.3 Å². The molecule has 0 unspecified atom stereocenters. The van der Waals surface area contributed by atoms with Gasteiger partial charge >= 0.3 is 0 Å². The minimum absolute atomic E-state index is 0.0768. The molecule has 0 aliphatic carbocycles. The van der Waals surface area contributed by atoms with Gasteiger partial charge in [0.05, 0.1) is 0 Å². The first kappa shape index (κ1) is 11.9. The van der Waals surface area contributed by atoms with Gasteiger partial charge in [-0.2, -0.15) is 0 Å². The molecular weight excluding hydrogens is 212 g/mol. The lowest BCUT2D eigenvalue weighted by Crippen LogP contribution is -2.27. The highest BCUT2D eigenvalue weighted by Gasteiger charge is 1.95. The number of hydrogen-bond donors (Lipinski definition) is 2. The summed E-state index contributed by atoms with van der Waals surface area (Å²) in [6.07, 6.45) is 0.529. The van der Waals surface area contributed by atoms with Gasteiger partial charge < -0.3 is 10.6 Å². The lowest BCUT2D eigenvalue weighted by molar-refractivity contribution is -0.120. The lowest BCUT2D eigenvalue weighted by atomic mass is 10.3. The Morgan fingerprint density at radius 3 is 2.53 bits per heavy atom. The summed E-state index contributed by atoms with van der Waals surface area (Å²) >= 11 is 5.75. The molecule has 1 aromatic rings. The number of halogens is 1. The maximum absolute atomic E-state index is 10.9. The molecular formula is C11H15ClN2O. The molecule has 0 saturated carbocycles. The number of carbonyl (C=O) groups is 1. The van der Waals surface area contributed by atoms with Gasteiger partial charge in [-0.3, -0.25) is 4.79 Å². The van der Waals surface area contributed by atoms with Gasteiger partial charge in [-0.25, -0.2) is 0 Å². The van der Waals surface area contributed by atoms with Crippen LogP contribution in [0.2, 0.25) is 5.02 Å². The van der Waals surface area contributed by atoms with E-state index in [2.05, 4.69) is 10.6 Å². The average molecular weight is 227 g/mol. The molecule has 1 aromatic carbocycles. The molecule has 3 nitrogen and oxygen atoms in total. The van der Waals surface area contributed by atoms with E-state index in [1.54, 1.807) is 0 Å². The van der Waals surface area contributed by atoms with Crippen LogP contribution in [0.3, 0.4) is 0 Å². The van der Waals surface area contributed by atoms with E-state index in [4.69, 9.17) is 11.6 Å². The quantitative estimate of drug-likeness (QED) is 0.757. The number of rotatable bonds is 5. The summed E-state index contributed by atoms with van der Waals surface area (Å²) in [5, 5.41) is 6.69. The summed E-state index contributed by atoms with van der Waals surface area (Å²) in [5.41, 5.74) is 1.00. The van der Waals surface area contributed by atoms with E-state index >= 15 is 0 Å². The van der Waals surface area contributed by atoms with Crippen molar-refractivity contribution in [3.8, 4) is 0 Å². The molecule has 82 valence electrons. The second kappa shape index (κ2) is 6.30. The van der Waals surface area contributed by atoms with Gasteiger partial charge in [0.2, 0.25) is 5.91 Å². The van der Waals surface area contributed by atoms with Gasteiger partial charge in [0.15, 0.2) is 0 Å². The fourth-order valence-electron chi connectivity index (χ4n) is 1.10. The molecule has 0 spiro atoms. The van der Waals surface area contributed by atoms with E-state index in [0.29, 0.717) is 19.5 Å². The molecule has 0 radical (unpaired) electrons. The molecule has 0 heterocycles. The van der Waals surface area contributed by atoms with Gasteiger partial charge in [0.25, 0.3) is 0 Å². The lowest BCUT2D eigenvalue weighted by Gasteiger charge is -2.07. The molecule has 0 aliphatic heterocycles. The van der Waals surface area contributed by atoms with Crippen molar-refractivity contribution in [2.45, 2.75) is 13.3 Å². The van der Waals surface area contributed by atoms with Crippen LogP contribution >= 0.6 is 11.6 Å². The first-order valence-corrected chi connectivity index (χ1v) is 5.36. The van der Waals surface area contributed by atoms with Crippen LogP contribution < -0.4 is 10.6 Å². The number of benzene rings is 1. The molecule has 0 aromatic heterocycles. The molecule has 0 bridgehead atoms. The zero-order valence-corrected chi connectivity index (χ0v) is 9.47. The van der Waals surface area contributed by atoms with Gasteiger partial charge in [0.1, 0.15) is 0 Å². The van der Waals surface area contributed by atoms with E-state index < -0.39 is 0 Å². The van der Waals surface area contributed by atoms with Crippen molar-refractivity contribution in [3.63, 3.8) is 0 Å². The first-order valence-electron chi connectivity index (χ1n) is 4.98. The van der Waals surface area contributed by atoms with Crippen LogP contribution in [0.25, 0.3) is 0 Å². The fourth-order valence-corrected chi connectivity index (χ4v) is 1.23. The topological polar surface area (TPSA) is 41.1 Å². The van der Waals surface area contributed by atoms with E-state index in [-0.39, 0.29) is 5.91 Å². The van der Waals surface area contributed by atoms with Gasteiger partial charge in [0, 0.05) is 30.2 Å². The summed E-state index contributed by atoms with van der Waals surface area (Å²) in [4.78, 5) is 10.9. The molecule has 1 rings (SSSR count). The van der Waals surface area contributed by atoms with E-state index in [0.717, 1.165) is 10.7 Å². The summed E-state index contributed by atoms with van der Waals surface area (Å²) in [6.45, 7) is 3.19. The van der Waals surface area contributed by atoms with Crippen LogP contribution in [0, 0.1) is 0 Å². The summed E-state index contributed by atoms with van der Waals surface area (Å²) in [6, 6.07) is 7.47. The molecule has 15 heavy (non-hydrogen) atoms. The third kappa shape index (κ3) is 4.70. The minimum atomic E-state index is 0.0768.